The Morgan fingerprint density at radius 3 is 2.39 bits per heavy atom. The minimum atomic E-state index is -0.820. The maximum atomic E-state index is 10.9. The number of hydrogen-bond acceptors (Lipinski definition) is 5. The van der Waals surface area contributed by atoms with Crippen molar-refractivity contribution in [1.82, 2.24) is 5.32 Å². The Morgan fingerprint density at radius 1 is 1.33 bits per heavy atom. The first-order chi connectivity index (χ1) is 8.63. The summed E-state index contributed by atoms with van der Waals surface area (Å²) in [7, 11) is 3.18. The molecule has 6 heteroatoms. The van der Waals surface area contributed by atoms with Gasteiger partial charge in [-0.3, -0.25) is 10.1 Å². The van der Waals surface area contributed by atoms with E-state index < -0.39 is 12.0 Å². The van der Waals surface area contributed by atoms with Crippen LogP contribution in [0, 0.1) is 0 Å². The predicted octanol–water partition coefficient (Wildman–Crippen LogP) is 1.49. The summed E-state index contributed by atoms with van der Waals surface area (Å²) in [4.78, 5) is 10.9. The maximum Gasteiger partial charge on any atom is 0.321 e. The Morgan fingerprint density at radius 2 is 1.94 bits per heavy atom. The molecular weight excluding hydrogens is 254 g/mol. The number of rotatable bonds is 4. The summed E-state index contributed by atoms with van der Waals surface area (Å²) in [5, 5.41) is 12.0. The molecule has 2 atom stereocenters. The third kappa shape index (κ3) is 2.70. The van der Waals surface area contributed by atoms with Crippen LogP contribution in [-0.4, -0.2) is 37.1 Å². The van der Waals surface area contributed by atoms with E-state index in [4.69, 9.17) is 14.6 Å². The number of benzene rings is 1. The largest absolute Gasteiger partial charge is 0.497 e. The average Bonchev–Trinajstić information content (AvgIpc) is 2.87. The molecule has 0 radical (unpaired) electrons. The second-order valence-corrected chi connectivity index (χ2v) is 5.05. The van der Waals surface area contributed by atoms with Crippen molar-refractivity contribution >= 4 is 17.7 Å². The smallest absolute Gasteiger partial charge is 0.321 e. The average molecular weight is 269 g/mol. The number of hydrogen-bond donors (Lipinski definition) is 2. The second kappa shape index (κ2) is 5.49. The third-order valence-electron chi connectivity index (χ3n) is 2.76. The van der Waals surface area contributed by atoms with Gasteiger partial charge >= 0.3 is 5.97 Å². The Hall–Kier alpha value is -1.40. The highest BCUT2D eigenvalue weighted by molar-refractivity contribution is 7.99. The van der Waals surface area contributed by atoms with Gasteiger partial charge in [-0.25, -0.2) is 0 Å². The number of carbonyl (C=O) groups is 1. The summed E-state index contributed by atoms with van der Waals surface area (Å²) in [5.41, 5.74) is 0.958. The first-order valence-electron chi connectivity index (χ1n) is 5.47. The SMILES string of the molecule is COc1cc(OC)cc([C@H]2N[C@@H](C(=O)O)CS2)c1. The van der Waals surface area contributed by atoms with Gasteiger partial charge < -0.3 is 14.6 Å². The lowest BCUT2D eigenvalue weighted by molar-refractivity contribution is -0.138. The highest BCUT2D eigenvalue weighted by Gasteiger charge is 2.30. The molecule has 1 saturated heterocycles. The van der Waals surface area contributed by atoms with Crippen LogP contribution in [0.1, 0.15) is 10.9 Å². The molecule has 0 amide bonds. The summed E-state index contributed by atoms with van der Waals surface area (Å²) in [6.07, 6.45) is 0. The van der Waals surface area contributed by atoms with Crippen molar-refractivity contribution in [3.63, 3.8) is 0 Å². The fourth-order valence-electron chi connectivity index (χ4n) is 1.79. The van der Waals surface area contributed by atoms with Crippen molar-refractivity contribution < 1.29 is 19.4 Å². The Bertz CT molecular complexity index is 429. The van der Waals surface area contributed by atoms with Gasteiger partial charge in [-0.2, -0.15) is 0 Å². The number of carboxylic acids is 1. The molecule has 98 valence electrons. The Balaban J connectivity index is 2.20. The molecule has 1 aliphatic heterocycles. The molecule has 1 aromatic rings. The van der Waals surface area contributed by atoms with Gasteiger partial charge in [0.1, 0.15) is 17.5 Å². The third-order valence-corrected chi connectivity index (χ3v) is 4.02. The minimum absolute atomic E-state index is 0.0462. The lowest BCUT2D eigenvalue weighted by Gasteiger charge is -2.14. The molecule has 0 unspecified atom stereocenters. The van der Waals surface area contributed by atoms with Gasteiger partial charge in [-0.15, -0.1) is 11.8 Å². The molecule has 1 heterocycles. The molecule has 1 aromatic carbocycles. The van der Waals surface area contributed by atoms with E-state index in [0.29, 0.717) is 17.3 Å². The quantitative estimate of drug-likeness (QED) is 0.863. The summed E-state index contributed by atoms with van der Waals surface area (Å²) < 4.78 is 10.4. The highest BCUT2D eigenvalue weighted by atomic mass is 32.2. The highest BCUT2D eigenvalue weighted by Crippen LogP contribution is 2.36. The number of aliphatic carboxylic acids is 1. The van der Waals surface area contributed by atoms with Crippen LogP contribution in [0.25, 0.3) is 0 Å². The van der Waals surface area contributed by atoms with E-state index in [-0.39, 0.29) is 5.37 Å². The lowest BCUT2D eigenvalue weighted by Crippen LogP contribution is -2.33. The van der Waals surface area contributed by atoms with Crippen LogP contribution in [-0.2, 0) is 4.79 Å². The van der Waals surface area contributed by atoms with E-state index in [1.54, 1.807) is 32.0 Å². The fraction of sp³-hybridized carbons (Fsp3) is 0.417. The second-order valence-electron chi connectivity index (χ2n) is 3.92. The molecule has 5 nitrogen and oxygen atoms in total. The first kappa shape index (κ1) is 13.0. The normalized spacial score (nSPS) is 22.8. The maximum absolute atomic E-state index is 10.9. The zero-order valence-electron chi connectivity index (χ0n) is 10.2. The van der Waals surface area contributed by atoms with Gasteiger partial charge in [0.2, 0.25) is 0 Å². The van der Waals surface area contributed by atoms with Gasteiger partial charge in [0, 0.05) is 11.8 Å². The van der Waals surface area contributed by atoms with Gasteiger partial charge in [-0.1, -0.05) is 0 Å². The van der Waals surface area contributed by atoms with E-state index >= 15 is 0 Å². The van der Waals surface area contributed by atoms with Gasteiger partial charge in [0.15, 0.2) is 0 Å². The molecule has 1 aliphatic rings. The predicted molar refractivity (Wildman–Crippen MR) is 69.3 cm³/mol. The number of ether oxygens (including phenoxy) is 2. The van der Waals surface area contributed by atoms with Crippen molar-refractivity contribution in [2.45, 2.75) is 11.4 Å². The number of carboxylic acid groups (broad SMARTS) is 1. The van der Waals surface area contributed by atoms with Crippen LogP contribution >= 0.6 is 11.8 Å². The summed E-state index contributed by atoms with van der Waals surface area (Å²) >= 11 is 1.57. The summed E-state index contributed by atoms with van der Waals surface area (Å²) in [5.74, 6) is 1.13. The fourth-order valence-corrected chi connectivity index (χ4v) is 3.00. The van der Waals surface area contributed by atoms with Crippen LogP contribution in [0.4, 0.5) is 0 Å². The molecule has 0 spiro atoms. The summed E-state index contributed by atoms with van der Waals surface area (Å²) in [6, 6.07) is 5.06. The molecule has 2 rings (SSSR count). The zero-order valence-corrected chi connectivity index (χ0v) is 11.0. The molecule has 1 fully saturated rings. The van der Waals surface area contributed by atoms with Crippen LogP contribution in [0.15, 0.2) is 18.2 Å². The topological polar surface area (TPSA) is 67.8 Å². The van der Waals surface area contributed by atoms with Crippen LogP contribution in [0.2, 0.25) is 0 Å². The van der Waals surface area contributed by atoms with Crippen LogP contribution in [0.3, 0.4) is 0 Å². The minimum Gasteiger partial charge on any atom is -0.497 e. The van der Waals surface area contributed by atoms with Crippen molar-refractivity contribution in [1.29, 1.82) is 0 Å². The summed E-state index contributed by atoms with van der Waals surface area (Å²) in [6.45, 7) is 0. The van der Waals surface area contributed by atoms with Gasteiger partial charge in [0.05, 0.1) is 19.6 Å². The molecule has 0 bridgehead atoms. The van der Waals surface area contributed by atoms with E-state index in [1.807, 2.05) is 12.1 Å². The van der Waals surface area contributed by atoms with Crippen molar-refractivity contribution in [3.8, 4) is 11.5 Å². The monoisotopic (exact) mass is 269 g/mol. The number of methoxy groups -OCH3 is 2. The Labute approximate surface area is 109 Å². The van der Waals surface area contributed by atoms with Gasteiger partial charge in [0.25, 0.3) is 0 Å². The van der Waals surface area contributed by atoms with Crippen LogP contribution < -0.4 is 14.8 Å². The molecule has 0 aliphatic carbocycles. The van der Waals surface area contributed by atoms with E-state index in [9.17, 15) is 4.79 Å². The standard InChI is InChI=1S/C12H15NO4S/c1-16-8-3-7(4-9(5-8)17-2)11-13-10(6-18-11)12(14)15/h3-5,10-11,13H,6H2,1-2H3,(H,14,15)/t10-,11+/m1/s1. The number of thioether (sulfide) groups is 1. The van der Waals surface area contributed by atoms with E-state index in [1.165, 1.54) is 0 Å². The Kier molecular flexibility index (Phi) is 3.98. The zero-order chi connectivity index (χ0) is 13.1. The van der Waals surface area contributed by atoms with Gasteiger partial charge in [-0.05, 0) is 17.7 Å². The van der Waals surface area contributed by atoms with Crippen molar-refractivity contribution in [3.05, 3.63) is 23.8 Å². The molecular formula is C12H15NO4S. The van der Waals surface area contributed by atoms with E-state index in [2.05, 4.69) is 5.32 Å². The molecule has 0 saturated carbocycles. The first-order valence-corrected chi connectivity index (χ1v) is 6.52. The molecule has 2 N–H and O–H groups in total. The van der Waals surface area contributed by atoms with Crippen molar-refractivity contribution in [2.24, 2.45) is 0 Å². The lowest BCUT2D eigenvalue weighted by atomic mass is 10.2. The number of nitrogens with one attached hydrogen (secondary N) is 1. The molecule has 0 aromatic heterocycles. The van der Waals surface area contributed by atoms with Crippen LogP contribution in [0.5, 0.6) is 11.5 Å². The van der Waals surface area contributed by atoms with E-state index in [0.717, 1.165) is 5.56 Å². The van der Waals surface area contributed by atoms with Crippen molar-refractivity contribution in [2.75, 3.05) is 20.0 Å². The molecule has 18 heavy (non-hydrogen) atoms.